The second-order valence-corrected chi connectivity index (χ2v) is 8.90. The van der Waals surface area contributed by atoms with Gasteiger partial charge in [-0.3, -0.25) is 4.57 Å². The molecule has 33 heavy (non-hydrogen) atoms. The summed E-state index contributed by atoms with van der Waals surface area (Å²) < 4.78 is 41.9. The van der Waals surface area contributed by atoms with Crippen LogP contribution in [0.4, 0.5) is 14.6 Å². The molecule has 0 spiro atoms. The smallest absolute Gasteiger partial charge is 0.352 e. The number of aromatic nitrogens is 2. The van der Waals surface area contributed by atoms with Gasteiger partial charge >= 0.3 is 5.69 Å². The Labute approximate surface area is 194 Å². The van der Waals surface area contributed by atoms with Crippen LogP contribution in [0, 0.1) is 24.5 Å². The first-order chi connectivity index (χ1) is 15.9. The first-order valence-electron chi connectivity index (χ1n) is 10.8. The highest BCUT2D eigenvalue weighted by atomic mass is 35.5. The standard InChI is InChI=1S/C24H22ClF2N3O3/c1-14-4-5-17(9-18(14)25)33-23-19(26)7-16(8-20(23)27)13-32-21-10-22-29-6-2-3-15(11-29)12-30(22)24(31)28-21/h4-5,7-10,15H,2-3,6,11-13H2,1H3. The fourth-order valence-corrected chi connectivity index (χ4v) is 4.54. The van der Waals surface area contributed by atoms with E-state index in [4.69, 9.17) is 21.1 Å². The largest absolute Gasteiger partial charge is 0.473 e. The van der Waals surface area contributed by atoms with Gasteiger partial charge in [0.1, 0.15) is 18.2 Å². The van der Waals surface area contributed by atoms with E-state index in [1.807, 2.05) is 6.92 Å². The molecule has 1 aromatic heterocycles. The van der Waals surface area contributed by atoms with Gasteiger partial charge in [-0.2, -0.15) is 4.98 Å². The Balaban J connectivity index is 1.33. The molecule has 2 aliphatic heterocycles. The number of halogens is 3. The minimum atomic E-state index is -0.872. The lowest BCUT2D eigenvalue weighted by Gasteiger charge is -2.40. The maximum absolute atomic E-state index is 14.6. The van der Waals surface area contributed by atoms with E-state index < -0.39 is 17.4 Å². The average molecular weight is 474 g/mol. The second kappa shape index (κ2) is 8.67. The van der Waals surface area contributed by atoms with Crippen LogP contribution < -0.4 is 20.1 Å². The minimum Gasteiger partial charge on any atom is -0.473 e. The van der Waals surface area contributed by atoms with Crippen LogP contribution in [-0.2, 0) is 13.2 Å². The molecule has 0 amide bonds. The molecule has 172 valence electrons. The van der Waals surface area contributed by atoms with Crippen LogP contribution in [0.3, 0.4) is 0 Å². The summed E-state index contributed by atoms with van der Waals surface area (Å²) in [5.41, 5.74) is 0.696. The molecule has 1 saturated heterocycles. The van der Waals surface area contributed by atoms with Crippen molar-refractivity contribution in [2.45, 2.75) is 32.9 Å². The summed E-state index contributed by atoms with van der Waals surface area (Å²) in [4.78, 5) is 18.7. The number of aryl methyl sites for hydroxylation is 1. The summed E-state index contributed by atoms with van der Waals surface area (Å²) in [6.45, 7) is 4.11. The molecule has 0 saturated carbocycles. The van der Waals surface area contributed by atoms with E-state index in [2.05, 4.69) is 9.88 Å². The lowest BCUT2D eigenvalue weighted by atomic mass is 9.96. The van der Waals surface area contributed by atoms with Gasteiger partial charge in [0.2, 0.25) is 5.88 Å². The topological polar surface area (TPSA) is 56.6 Å². The molecule has 6 nitrogen and oxygen atoms in total. The van der Waals surface area contributed by atoms with Crippen LogP contribution in [0.15, 0.2) is 41.2 Å². The summed E-state index contributed by atoms with van der Waals surface area (Å²) >= 11 is 6.05. The van der Waals surface area contributed by atoms with Crippen LogP contribution in [0.2, 0.25) is 5.02 Å². The number of fused-ring (bicyclic) bond motifs is 4. The molecule has 1 unspecified atom stereocenters. The number of piperidine rings is 1. The number of rotatable bonds is 5. The highest BCUT2D eigenvalue weighted by Crippen LogP contribution is 2.32. The van der Waals surface area contributed by atoms with Crippen LogP contribution in [0.1, 0.15) is 24.0 Å². The molecule has 2 aliphatic rings. The van der Waals surface area contributed by atoms with Crippen LogP contribution >= 0.6 is 11.6 Å². The lowest BCUT2D eigenvalue weighted by Crippen LogP contribution is -2.46. The molecular formula is C24H22ClF2N3O3. The van der Waals surface area contributed by atoms with E-state index in [1.165, 1.54) is 6.07 Å². The molecule has 0 radical (unpaired) electrons. The molecule has 2 bridgehead atoms. The predicted molar refractivity (Wildman–Crippen MR) is 120 cm³/mol. The zero-order chi connectivity index (χ0) is 23.1. The first kappa shape index (κ1) is 21.7. The number of nitrogens with zero attached hydrogens (tertiary/aromatic N) is 3. The summed E-state index contributed by atoms with van der Waals surface area (Å²) in [7, 11) is 0. The summed E-state index contributed by atoms with van der Waals surface area (Å²) in [5.74, 6) is -0.675. The van der Waals surface area contributed by atoms with Gasteiger partial charge in [-0.05, 0) is 61.1 Å². The molecule has 1 fully saturated rings. The average Bonchev–Trinajstić information content (AvgIpc) is 2.78. The normalized spacial score (nSPS) is 17.0. The van der Waals surface area contributed by atoms with E-state index in [0.29, 0.717) is 17.5 Å². The van der Waals surface area contributed by atoms with Crippen molar-refractivity contribution in [3.8, 4) is 17.4 Å². The molecule has 5 rings (SSSR count). The van der Waals surface area contributed by atoms with E-state index in [-0.39, 0.29) is 29.5 Å². The molecule has 3 aromatic rings. The van der Waals surface area contributed by atoms with Gasteiger partial charge < -0.3 is 14.4 Å². The number of hydrogen-bond donors (Lipinski definition) is 0. The van der Waals surface area contributed by atoms with Crippen LogP contribution in [0.5, 0.6) is 17.4 Å². The van der Waals surface area contributed by atoms with Gasteiger partial charge in [-0.1, -0.05) is 17.7 Å². The van der Waals surface area contributed by atoms with E-state index in [0.717, 1.165) is 49.4 Å². The highest BCUT2D eigenvalue weighted by Gasteiger charge is 2.29. The van der Waals surface area contributed by atoms with Gasteiger partial charge in [-0.15, -0.1) is 0 Å². The zero-order valence-corrected chi connectivity index (χ0v) is 18.7. The highest BCUT2D eigenvalue weighted by molar-refractivity contribution is 6.31. The Kier molecular flexibility index (Phi) is 5.70. The molecule has 2 aromatic carbocycles. The Morgan fingerprint density at radius 1 is 1.15 bits per heavy atom. The van der Waals surface area contributed by atoms with Gasteiger partial charge in [0.15, 0.2) is 17.4 Å². The third-order valence-corrected chi connectivity index (χ3v) is 6.46. The third kappa shape index (κ3) is 4.39. The SMILES string of the molecule is Cc1ccc(Oc2c(F)cc(COc3cc4n(c(=O)n3)CC3CCCN4C3)cc2F)cc1Cl. The predicted octanol–water partition coefficient (Wildman–Crippen LogP) is 5.08. The first-order valence-corrected chi connectivity index (χ1v) is 11.2. The zero-order valence-electron chi connectivity index (χ0n) is 18.0. The fraction of sp³-hybridized carbons (Fsp3) is 0.333. The van der Waals surface area contributed by atoms with Crippen molar-refractivity contribution in [2.75, 3.05) is 18.0 Å². The van der Waals surface area contributed by atoms with Crippen LogP contribution in [0.25, 0.3) is 0 Å². The van der Waals surface area contributed by atoms with E-state index in [9.17, 15) is 13.6 Å². The van der Waals surface area contributed by atoms with Crippen molar-refractivity contribution in [2.24, 2.45) is 5.92 Å². The van der Waals surface area contributed by atoms with Gasteiger partial charge in [0, 0.05) is 30.7 Å². The molecule has 9 heteroatoms. The van der Waals surface area contributed by atoms with Gasteiger partial charge in [0.05, 0.1) is 0 Å². The van der Waals surface area contributed by atoms with Crippen molar-refractivity contribution in [3.63, 3.8) is 0 Å². The molecule has 1 atom stereocenters. The van der Waals surface area contributed by atoms with E-state index in [1.54, 1.807) is 22.8 Å². The molecular weight excluding hydrogens is 452 g/mol. The second-order valence-electron chi connectivity index (χ2n) is 8.49. The van der Waals surface area contributed by atoms with Crippen molar-refractivity contribution in [1.82, 2.24) is 9.55 Å². The fourth-order valence-electron chi connectivity index (χ4n) is 4.37. The lowest BCUT2D eigenvalue weighted by molar-refractivity contribution is 0.281. The summed E-state index contributed by atoms with van der Waals surface area (Å²) in [6, 6.07) is 8.77. The number of anilines is 1. The van der Waals surface area contributed by atoms with Crippen molar-refractivity contribution < 1.29 is 18.3 Å². The minimum absolute atomic E-state index is 0.130. The van der Waals surface area contributed by atoms with Crippen molar-refractivity contribution in [3.05, 3.63) is 74.7 Å². The Bertz CT molecular complexity index is 1260. The summed E-state index contributed by atoms with van der Waals surface area (Å²) in [6.07, 6.45) is 2.19. The van der Waals surface area contributed by atoms with Gasteiger partial charge in [0.25, 0.3) is 0 Å². The van der Waals surface area contributed by atoms with E-state index >= 15 is 0 Å². The van der Waals surface area contributed by atoms with Gasteiger partial charge in [-0.25, -0.2) is 13.6 Å². The maximum Gasteiger partial charge on any atom is 0.352 e. The van der Waals surface area contributed by atoms with Crippen molar-refractivity contribution in [1.29, 1.82) is 0 Å². The Hall–Kier alpha value is -3.13. The number of hydrogen-bond acceptors (Lipinski definition) is 5. The Morgan fingerprint density at radius 2 is 1.94 bits per heavy atom. The molecule has 0 aliphatic carbocycles. The van der Waals surface area contributed by atoms with Crippen molar-refractivity contribution >= 4 is 17.4 Å². The quantitative estimate of drug-likeness (QED) is 0.517. The third-order valence-electron chi connectivity index (χ3n) is 6.06. The molecule has 0 N–H and O–H groups in total. The number of ether oxygens (including phenoxy) is 2. The van der Waals surface area contributed by atoms with Crippen LogP contribution in [-0.4, -0.2) is 22.6 Å². The Morgan fingerprint density at radius 3 is 2.70 bits per heavy atom. The number of benzene rings is 2. The molecule has 3 heterocycles. The maximum atomic E-state index is 14.6. The monoisotopic (exact) mass is 473 g/mol. The summed E-state index contributed by atoms with van der Waals surface area (Å²) in [5, 5.41) is 0.437.